The second-order valence-electron chi connectivity index (χ2n) is 4.94. The van der Waals surface area contributed by atoms with Gasteiger partial charge in [-0.25, -0.2) is 4.99 Å². The molecule has 2 aromatic carbocycles. The highest BCUT2D eigenvalue weighted by Gasteiger charge is 2.20. The minimum absolute atomic E-state index is 0.0465. The van der Waals surface area contributed by atoms with Gasteiger partial charge in [0, 0.05) is 0 Å². The summed E-state index contributed by atoms with van der Waals surface area (Å²) in [4.78, 5) is 4.51. The van der Waals surface area contributed by atoms with Crippen LogP contribution < -0.4 is 0 Å². The first kappa shape index (κ1) is 12.0. The average molecular weight is 247 g/mol. The number of hydrogen-bond donors (Lipinski definition) is 0. The summed E-state index contributed by atoms with van der Waals surface area (Å²) in [5.74, 6) is 2.74. The topological polar surface area (TPSA) is 12.4 Å². The molecule has 94 valence electrons. The van der Waals surface area contributed by atoms with E-state index in [4.69, 9.17) is 0 Å². The largest absolute Gasteiger partial charge is 0.231 e. The van der Waals surface area contributed by atoms with Crippen LogP contribution in [0, 0.1) is 0 Å². The molecule has 0 saturated heterocycles. The third kappa shape index (κ3) is 2.25. The number of fused-ring (bicyclic) bond motifs is 2. The van der Waals surface area contributed by atoms with E-state index >= 15 is 0 Å². The van der Waals surface area contributed by atoms with Gasteiger partial charge in [0.15, 0.2) is 0 Å². The van der Waals surface area contributed by atoms with Crippen LogP contribution in [-0.2, 0) is 12.8 Å². The maximum atomic E-state index is 4.51. The monoisotopic (exact) mass is 247 g/mol. The summed E-state index contributed by atoms with van der Waals surface area (Å²) in [5.41, 5.74) is 5.40. The van der Waals surface area contributed by atoms with Crippen LogP contribution in [0.3, 0.4) is 0 Å². The van der Waals surface area contributed by atoms with Crippen molar-refractivity contribution in [1.82, 2.24) is 0 Å². The molecule has 3 rings (SSSR count). The molecule has 0 amide bonds. The molecule has 0 radical (unpaired) electrons. The molecule has 0 spiro atoms. The standard InChI is InChI=1S/C18H17N/c1-2-19-18-16-12-5-3-8-14(16)10-7-11-15-9-4-6-13-17(15)18/h3-6,8-9,12-13,18H,1,7,10-11H2. The Bertz CT molecular complexity index is 588. The Hall–Kier alpha value is -2.11. The van der Waals surface area contributed by atoms with Crippen molar-refractivity contribution in [3.63, 3.8) is 0 Å². The van der Waals surface area contributed by atoms with Gasteiger partial charge in [-0.2, -0.15) is 0 Å². The maximum Gasteiger partial charge on any atom is 0.110 e. The fraction of sp³-hybridized carbons (Fsp3) is 0.222. The van der Waals surface area contributed by atoms with Crippen LogP contribution in [0.25, 0.3) is 0 Å². The molecule has 0 aromatic heterocycles. The molecule has 0 bridgehead atoms. The van der Waals surface area contributed by atoms with Gasteiger partial charge in [-0.1, -0.05) is 48.5 Å². The smallest absolute Gasteiger partial charge is 0.110 e. The van der Waals surface area contributed by atoms with Gasteiger partial charge in [0.1, 0.15) is 6.04 Å². The Morgan fingerprint density at radius 1 is 0.895 bits per heavy atom. The van der Waals surface area contributed by atoms with Gasteiger partial charge < -0.3 is 0 Å². The lowest BCUT2D eigenvalue weighted by Crippen LogP contribution is -2.09. The van der Waals surface area contributed by atoms with Crippen molar-refractivity contribution in [3.8, 4) is 0 Å². The van der Waals surface area contributed by atoms with E-state index in [1.165, 1.54) is 28.7 Å². The van der Waals surface area contributed by atoms with Gasteiger partial charge in [-0.05, 0) is 54.0 Å². The second kappa shape index (κ2) is 5.26. The molecule has 0 fully saturated rings. The van der Waals surface area contributed by atoms with Gasteiger partial charge in [0.2, 0.25) is 0 Å². The Kier molecular flexibility index (Phi) is 3.31. The normalized spacial score (nSPS) is 14.5. The fourth-order valence-corrected chi connectivity index (χ4v) is 2.92. The quantitative estimate of drug-likeness (QED) is 0.672. The fourth-order valence-electron chi connectivity index (χ4n) is 2.92. The molecule has 1 aliphatic rings. The number of nitrogens with zero attached hydrogens (tertiary/aromatic N) is 1. The zero-order chi connectivity index (χ0) is 13.1. The molecular weight excluding hydrogens is 230 g/mol. The van der Waals surface area contributed by atoms with E-state index in [0.717, 1.165) is 12.8 Å². The predicted molar refractivity (Wildman–Crippen MR) is 79.8 cm³/mol. The van der Waals surface area contributed by atoms with E-state index in [9.17, 15) is 0 Å². The molecule has 0 aliphatic heterocycles. The lowest BCUT2D eigenvalue weighted by molar-refractivity contribution is 0.743. The molecule has 1 heteroatoms. The highest BCUT2D eigenvalue weighted by molar-refractivity contribution is 5.51. The Morgan fingerprint density at radius 2 is 1.42 bits per heavy atom. The third-order valence-corrected chi connectivity index (χ3v) is 3.81. The SMILES string of the molecule is C=C=NC1c2ccccc2CCCc2ccccc21. The zero-order valence-corrected chi connectivity index (χ0v) is 11.0. The van der Waals surface area contributed by atoms with Crippen molar-refractivity contribution in [2.75, 3.05) is 0 Å². The number of hydrogen-bond acceptors (Lipinski definition) is 1. The van der Waals surface area contributed by atoms with Gasteiger partial charge in [0.05, 0.1) is 0 Å². The number of benzene rings is 2. The third-order valence-electron chi connectivity index (χ3n) is 3.81. The van der Waals surface area contributed by atoms with Crippen LogP contribution in [0.15, 0.2) is 60.1 Å². The predicted octanol–water partition coefficient (Wildman–Crippen LogP) is 4.12. The summed E-state index contributed by atoms with van der Waals surface area (Å²) >= 11 is 0. The molecule has 19 heavy (non-hydrogen) atoms. The molecule has 0 heterocycles. The minimum Gasteiger partial charge on any atom is -0.231 e. The lowest BCUT2D eigenvalue weighted by atomic mass is 9.85. The van der Waals surface area contributed by atoms with E-state index in [-0.39, 0.29) is 6.04 Å². The van der Waals surface area contributed by atoms with E-state index in [2.05, 4.69) is 66.0 Å². The molecule has 0 atom stereocenters. The van der Waals surface area contributed by atoms with Gasteiger partial charge in [-0.3, -0.25) is 0 Å². The average Bonchev–Trinajstić information content (AvgIpc) is 2.44. The first-order chi connectivity index (χ1) is 9.40. The van der Waals surface area contributed by atoms with Gasteiger partial charge in [-0.15, -0.1) is 0 Å². The molecule has 1 nitrogen and oxygen atoms in total. The van der Waals surface area contributed by atoms with Crippen molar-refractivity contribution in [2.45, 2.75) is 25.3 Å². The van der Waals surface area contributed by atoms with Crippen LogP contribution in [0.2, 0.25) is 0 Å². The summed E-state index contributed by atoms with van der Waals surface area (Å²) in [6, 6.07) is 17.3. The van der Waals surface area contributed by atoms with Crippen molar-refractivity contribution in [2.24, 2.45) is 4.99 Å². The van der Waals surface area contributed by atoms with Crippen molar-refractivity contribution < 1.29 is 0 Å². The van der Waals surface area contributed by atoms with Crippen LogP contribution in [0.5, 0.6) is 0 Å². The summed E-state index contributed by atoms with van der Waals surface area (Å²) in [6.07, 6.45) is 3.43. The van der Waals surface area contributed by atoms with E-state index < -0.39 is 0 Å². The molecule has 1 aliphatic carbocycles. The molecular formula is C18H17N. The van der Waals surface area contributed by atoms with Crippen LogP contribution >= 0.6 is 0 Å². The van der Waals surface area contributed by atoms with Crippen molar-refractivity contribution in [1.29, 1.82) is 0 Å². The first-order valence-electron chi connectivity index (χ1n) is 6.77. The van der Waals surface area contributed by atoms with Gasteiger partial charge >= 0.3 is 0 Å². The summed E-state index contributed by atoms with van der Waals surface area (Å²) in [5, 5.41) is 0. The number of aliphatic imine (C=N–C) groups is 1. The van der Waals surface area contributed by atoms with E-state index in [0.29, 0.717) is 0 Å². The van der Waals surface area contributed by atoms with E-state index in [1.807, 2.05) is 0 Å². The highest BCUT2D eigenvalue weighted by atomic mass is 14.8. The highest BCUT2D eigenvalue weighted by Crippen LogP contribution is 2.33. The summed E-state index contributed by atoms with van der Waals surface area (Å²) in [7, 11) is 0. The summed E-state index contributed by atoms with van der Waals surface area (Å²) < 4.78 is 0. The number of rotatable bonds is 1. The van der Waals surface area contributed by atoms with E-state index in [1.54, 1.807) is 0 Å². The lowest BCUT2D eigenvalue weighted by Gasteiger charge is -2.22. The number of aryl methyl sites for hydroxylation is 2. The van der Waals surface area contributed by atoms with Crippen LogP contribution in [0.1, 0.15) is 34.7 Å². The molecule has 0 unspecified atom stereocenters. The second-order valence-corrected chi connectivity index (χ2v) is 4.94. The zero-order valence-electron chi connectivity index (χ0n) is 11.0. The molecule has 0 N–H and O–H groups in total. The minimum atomic E-state index is 0.0465. The Morgan fingerprint density at radius 3 is 1.95 bits per heavy atom. The van der Waals surface area contributed by atoms with Gasteiger partial charge in [0.25, 0.3) is 0 Å². The Labute approximate surface area is 114 Å². The Balaban J connectivity index is 2.22. The van der Waals surface area contributed by atoms with Crippen molar-refractivity contribution >= 4 is 5.87 Å². The van der Waals surface area contributed by atoms with Crippen LogP contribution in [0.4, 0.5) is 0 Å². The summed E-state index contributed by atoms with van der Waals surface area (Å²) in [6.45, 7) is 3.66. The van der Waals surface area contributed by atoms with Crippen molar-refractivity contribution in [3.05, 3.63) is 77.4 Å². The molecule has 0 saturated carbocycles. The maximum absolute atomic E-state index is 4.51. The molecule has 2 aromatic rings. The van der Waals surface area contributed by atoms with Crippen LogP contribution in [-0.4, -0.2) is 5.87 Å². The first-order valence-corrected chi connectivity index (χ1v) is 6.77.